The van der Waals surface area contributed by atoms with Gasteiger partial charge in [-0.25, -0.2) is 9.97 Å². The van der Waals surface area contributed by atoms with Crippen LogP contribution in [0.1, 0.15) is 6.92 Å². The molecule has 20 heavy (non-hydrogen) atoms. The van der Waals surface area contributed by atoms with Gasteiger partial charge in [-0.3, -0.25) is 4.57 Å². The van der Waals surface area contributed by atoms with Gasteiger partial charge in [-0.1, -0.05) is 4.68 Å². The summed E-state index contributed by atoms with van der Waals surface area (Å²) in [6, 6.07) is 3.64. The van der Waals surface area contributed by atoms with Crippen LogP contribution in [-0.2, 0) is 15.6 Å². The lowest BCUT2D eigenvalue weighted by Crippen LogP contribution is -2.38. The normalized spacial score (nSPS) is 13.9. The lowest BCUT2D eigenvalue weighted by atomic mass is 10.2. The molecular formula is C12H16N4O3P+. The highest BCUT2D eigenvalue weighted by Gasteiger charge is 2.21. The van der Waals surface area contributed by atoms with Gasteiger partial charge in [0.2, 0.25) is 0 Å². The van der Waals surface area contributed by atoms with Gasteiger partial charge in [0.25, 0.3) is 0 Å². The maximum absolute atomic E-state index is 11.6. The zero-order chi connectivity index (χ0) is 14.4. The van der Waals surface area contributed by atoms with E-state index in [1.165, 1.54) is 6.33 Å². The molecule has 0 aromatic carbocycles. The Hall–Kier alpha value is -1.69. The lowest BCUT2D eigenvalue weighted by Gasteiger charge is -2.07. The molecule has 0 aliphatic heterocycles. The third kappa shape index (κ3) is 4.16. The average molecular weight is 295 g/mol. The Labute approximate surface area is 116 Å². The van der Waals surface area contributed by atoms with E-state index >= 15 is 0 Å². The Morgan fingerprint density at radius 3 is 2.90 bits per heavy atom. The van der Waals surface area contributed by atoms with Crippen LogP contribution in [0.25, 0.3) is 11.3 Å². The summed E-state index contributed by atoms with van der Waals surface area (Å²) in [5.41, 5.74) is 1.64. The Morgan fingerprint density at radius 1 is 1.45 bits per heavy atom. The first-order chi connectivity index (χ1) is 9.61. The molecule has 0 spiro atoms. The van der Waals surface area contributed by atoms with Gasteiger partial charge in [0.05, 0.1) is 12.3 Å². The third-order valence-corrected chi connectivity index (χ3v) is 4.02. The van der Waals surface area contributed by atoms with Crippen molar-refractivity contribution in [3.05, 3.63) is 37.1 Å². The second kappa shape index (κ2) is 6.65. The van der Waals surface area contributed by atoms with Crippen LogP contribution in [0.5, 0.6) is 0 Å². The first-order valence-electron chi connectivity index (χ1n) is 6.19. The van der Waals surface area contributed by atoms with Crippen molar-refractivity contribution >= 4 is 7.60 Å². The van der Waals surface area contributed by atoms with Gasteiger partial charge in [-0.15, -0.1) is 0 Å². The summed E-state index contributed by atoms with van der Waals surface area (Å²) in [6.45, 7) is 2.22. The zero-order valence-corrected chi connectivity index (χ0v) is 12.0. The molecule has 2 rings (SSSR count). The zero-order valence-electron chi connectivity index (χ0n) is 11.1. The molecule has 8 heteroatoms. The highest BCUT2D eigenvalue weighted by molar-refractivity contribution is 7.52. The molecule has 0 bridgehead atoms. The minimum Gasteiger partial charge on any atom is -0.324 e. The molecule has 1 atom stereocenters. The van der Waals surface area contributed by atoms with Gasteiger partial charge >= 0.3 is 7.60 Å². The van der Waals surface area contributed by atoms with Crippen molar-refractivity contribution < 1.29 is 18.7 Å². The van der Waals surface area contributed by atoms with E-state index in [9.17, 15) is 9.46 Å². The van der Waals surface area contributed by atoms with Crippen molar-refractivity contribution in [3.63, 3.8) is 0 Å². The van der Waals surface area contributed by atoms with Crippen LogP contribution in [0.15, 0.2) is 37.1 Å². The van der Waals surface area contributed by atoms with E-state index in [0.29, 0.717) is 6.54 Å². The fourth-order valence-electron chi connectivity index (χ4n) is 1.62. The quantitative estimate of drug-likeness (QED) is 0.633. The van der Waals surface area contributed by atoms with Gasteiger partial charge in [-0.05, 0) is 18.1 Å². The van der Waals surface area contributed by atoms with E-state index in [-0.39, 0.29) is 12.8 Å². The van der Waals surface area contributed by atoms with Gasteiger partial charge in [0, 0.05) is 17.8 Å². The SMILES string of the molecule is CCOP(=O)(O)CC[n+]1ccc(-c2ccncn2)cn1. The third-order valence-electron chi connectivity index (χ3n) is 2.59. The van der Waals surface area contributed by atoms with Crippen molar-refractivity contribution in [1.29, 1.82) is 0 Å². The van der Waals surface area contributed by atoms with Gasteiger partial charge in [0.15, 0.2) is 12.7 Å². The van der Waals surface area contributed by atoms with Gasteiger partial charge < -0.3 is 9.42 Å². The molecule has 2 aromatic rings. The fraction of sp³-hybridized carbons (Fsp3) is 0.333. The summed E-state index contributed by atoms with van der Waals surface area (Å²) in [5, 5.41) is 4.19. The summed E-state index contributed by atoms with van der Waals surface area (Å²) in [4.78, 5) is 17.5. The molecule has 0 saturated carbocycles. The highest BCUT2D eigenvalue weighted by Crippen LogP contribution is 2.40. The van der Waals surface area contributed by atoms with E-state index in [2.05, 4.69) is 15.1 Å². The van der Waals surface area contributed by atoms with Crippen molar-refractivity contribution in [1.82, 2.24) is 15.1 Å². The Morgan fingerprint density at radius 2 is 2.30 bits per heavy atom. The topological polar surface area (TPSA) is 89.1 Å². The lowest BCUT2D eigenvalue weighted by molar-refractivity contribution is -0.750. The molecule has 0 amide bonds. The predicted octanol–water partition coefficient (Wildman–Crippen LogP) is 1.05. The first-order valence-corrected chi connectivity index (χ1v) is 7.95. The van der Waals surface area contributed by atoms with Gasteiger partial charge in [0.1, 0.15) is 18.7 Å². The molecule has 0 saturated heterocycles. The summed E-state index contributed by atoms with van der Waals surface area (Å²) in [7, 11) is -3.51. The molecule has 1 N–H and O–H groups in total. The maximum Gasteiger partial charge on any atom is 0.334 e. The molecule has 1 unspecified atom stereocenters. The van der Waals surface area contributed by atoms with Crippen molar-refractivity contribution in [3.8, 4) is 11.3 Å². The average Bonchev–Trinajstić information content (AvgIpc) is 2.47. The van der Waals surface area contributed by atoms with Crippen LogP contribution in [0.2, 0.25) is 0 Å². The van der Waals surface area contributed by atoms with Crippen LogP contribution < -0.4 is 4.68 Å². The maximum atomic E-state index is 11.6. The number of aryl methyl sites for hydroxylation is 1. The number of aromatic nitrogens is 4. The largest absolute Gasteiger partial charge is 0.334 e. The summed E-state index contributed by atoms with van der Waals surface area (Å²) in [6.07, 6.45) is 6.56. The van der Waals surface area contributed by atoms with E-state index in [0.717, 1.165) is 11.3 Å². The molecule has 0 radical (unpaired) electrons. The second-order valence-electron chi connectivity index (χ2n) is 4.05. The van der Waals surface area contributed by atoms with Crippen LogP contribution in [0.4, 0.5) is 0 Å². The second-order valence-corrected chi connectivity index (χ2v) is 6.03. The summed E-state index contributed by atoms with van der Waals surface area (Å²) < 4.78 is 17.9. The van der Waals surface area contributed by atoms with E-state index < -0.39 is 7.60 Å². The summed E-state index contributed by atoms with van der Waals surface area (Å²) >= 11 is 0. The van der Waals surface area contributed by atoms with Crippen molar-refractivity contribution in [2.24, 2.45) is 0 Å². The Balaban J connectivity index is 2.01. The van der Waals surface area contributed by atoms with Crippen molar-refractivity contribution in [2.45, 2.75) is 13.5 Å². The smallest absolute Gasteiger partial charge is 0.324 e. The number of hydrogen-bond donors (Lipinski definition) is 1. The summed E-state index contributed by atoms with van der Waals surface area (Å²) in [5.74, 6) is 0. The van der Waals surface area contributed by atoms with Gasteiger partial charge in [-0.2, -0.15) is 0 Å². The van der Waals surface area contributed by atoms with Crippen molar-refractivity contribution in [2.75, 3.05) is 12.8 Å². The molecule has 2 heterocycles. The Bertz CT molecular complexity index is 591. The van der Waals surface area contributed by atoms with E-state index in [1.54, 1.807) is 36.3 Å². The highest BCUT2D eigenvalue weighted by atomic mass is 31.2. The van der Waals surface area contributed by atoms with E-state index in [4.69, 9.17) is 4.52 Å². The number of rotatable bonds is 6. The number of hydrogen-bond acceptors (Lipinski definition) is 5. The molecule has 0 aliphatic carbocycles. The number of nitrogens with zero attached hydrogens (tertiary/aromatic N) is 4. The van der Waals surface area contributed by atoms with E-state index in [1.807, 2.05) is 6.07 Å². The molecule has 7 nitrogen and oxygen atoms in total. The van der Waals surface area contributed by atoms with Crippen LogP contribution in [0, 0.1) is 0 Å². The minimum atomic E-state index is -3.51. The van der Waals surface area contributed by atoms with Crippen LogP contribution in [0.3, 0.4) is 0 Å². The predicted molar refractivity (Wildman–Crippen MR) is 71.8 cm³/mol. The van der Waals surface area contributed by atoms with Crippen LogP contribution in [-0.4, -0.2) is 32.7 Å². The minimum absolute atomic E-state index is 0.0331. The molecule has 0 aliphatic rings. The Kier molecular flexibility index (Phi) is 4.89. The molecule has 2 aromatic heterocycles. The van der Waals surface area contributed by atoms with Crippen LogP contribution >= 0.6 is 7.60 Å². The standard InChI is InChI=1S/C12H15N4O3P/c1-2-19-20(17,18)8-7-16-6-4-11(9-15-16)12-3-5-13-10-14-12/h3-6,9-10H,2,7-8H2,1H3/p+1. The monoisotopic (exact) mass is 295 g/mol. The molecule has 106 valence electrons. The first kappa shape index (κ1) is 14.7. The molecular weight excluding hydrogens is 279 g/mol. The fourth-order valence-corrected chi connectivity index (χ4v) is 2.61. The molecule has 0 fully saturated rings.